The van der Waals surface area contributed by atoms with Crippen LogP contribution in [0.5, 0.6) is 0 Å². The Hall–Kier alpha value is -2.95. The molecule has 0 saturated heterocycles. The fraction of sp³-hybridized carbons (Fsp3) is 0.375. The molecular weight excluding hydrogens is 531 g/mol. The molecule has 1 heterocycles. The van der Waals surface area contributed by atoms with E-state index in [-0.39, 0.29) is 24.3 Å². The number of carbonyl (C=O) groups is 3. The van der Waals surface area contributed by atoms with Crippen molar-refractivity contribution in [2.24, 2.45) is 0 Å². The van der Waals surface area contributed by atoms with Crippen molar-refractivity contribution in [2.75, 3.05) is 31.2 Å². The summed E-state index contributed by atoms with van der Waals surface area (Å²) in [6.45, 7) is 3.33. The van der Waals surface area contributed by atoms with Crippen LogP contribution in [0, 0.1) is 0 Å². The molecule has 6 N–H and O–H groups in total. The Morgan fingerprint density at radius 3 is 2.51 bits per heavy atom. The van der Waals surface area contributed by atoms with Crippen LogP contribution in [-0.4, -0.2) is 48.6 Å². The molecule has 0 aliphatic heterocycles. The lowest BCUT2D eigenvalue weighted by atomic mass is 10.1. The molecule has 1 unspecified atom stereocenters. The van der Waals surface area contributed by atoms with E-state index < -0.39 is 0 Å². The zero-order valence-corrected chi connectivity index (χ0v) is 24.0. The summed E-state index contributed by atoms with van der Waals surface area (Å²) < 4.78 is 4.53. The summed E-state index contributed by atoms with van der Waals surface area (Å²) in [7, 11) is 3.42. The Bertz CT molecular complexity index is 940. The number of amides is 2. The number of carbonyl (C=O) groups excluding carboxylic acids is 3. The fourth-order valence-electron chi connectivity index (χ4n) is 2.86. The van der Waals surface area contributed by atoms with Crippen molar-refractivity contribution in [1.82, 2.24) is 20.9 Å². The Kier molecular flexibility index (Phi) is 20.5. The summed E-state index contributed by atoms with van der Waals surface area (Å²) in [5.41, 5.74) is 8.04. The van der Waals surface area contributed by atoms with Crippen molar-refractivity contribution in [1.29, 1.82) is 0 Å². The molecule has 2 rings (SSSR count). The summed E-state index contributed by atoms with van der Waals surface area (Å²) in [5.74, 6) is -0.275. The molecule has 0 fully saturated rings. The van der Waals surface area contributed by atoms with Gasteiger partial charge in [-0.25, -0.2) is 0 Å². The van der Waals surface area contributed by atoms with E-state index in [4.69, 9.17) is 18.0 Å². The predicted molar refractivity (Wildman–Crippen MR) is 159 cm³/mol. The molecule has 2 atom stereocenters. The predicted octanol–water partition coefficient (Wildman–Crippen LogP) is 3.00. The maximum atomic E-state index is 11.2. The minimum atomic E-state index is -0.386. The first-order valence-corrected chi connectivity index (χ1v) is 14.0. The zero-order chi connectivity index (χ0) is 27.9. The largest absolute Gasteiger partial charge is 0.469 e. The van der Waals surface area contributed by atoms with Crippen LogP contribution in [0.2, 0.25) is 0 Å². The van der Waals surface area contributed by atoms with Gasteiger partial charge >= 0.3 is 5.97 Å². The average molecular weight is 569 g/mol. The van der Waals surface area contributed by atoms with Crippen LogP contribution < -0.4 is 27.0 Å². The first kappa shape index (κ1) is 34.0. The molecule has 2 amide bonds. The molecule has 1 aromatic carbocycles. The van der Waals surface area contributed by atoms with Gasteiger partial charge < -0.3 is 31.7 Å². The quantitative estimate of drug-likeness (QED) is 0.0432. The van der Waals surface area contributed by atoms with E-state index in [1.165, 1.54) is 7.11 Å². The molecule has 0 saturated carbocycles. The molecule has 0 spiro atoms. The summed E-state index contributed by atoms with van der Waals surface area (Å²) >= 11 is 8.63. The number of pyridine rings is 1. The van der Waals surface area contributed by atoms with E-state index in [0.717, 1.165) is 30.6 Å². The SMILES string of the molecule is CCNC(=O)CCCCNC(=S)Nc1ccccc1N.COC(=O)C[C@H](NC=O)c1cccnc1.PS. The summed E-state index contributed by atoms with van der Waals surface area (Å²) in [6, 6.07) is 10.6. The fourth-order valence-corrected chi connectivity index (χ4v) is 3.07. The summed E-state index contributed by atoms with van der Waals surface area (Å²) in [6.07, 6.45) is 6.17. The smallest absolute Gasteiger partial charge is 0.307 e. The molecular formula is C24H37N6O4PS2. The van der Waals surface area contributed by atoms with Gasteiger partial charge in [-0.2, -0.15) is 12.2 Å². The third kappa shape index (κ3) is 16.4. The van der Waals surface area contributed by atoms with Crippen molar-refractivity contribution in [2.45, 2.75) is 38.6 Å². The van der Waals surface area contributed by atoms with Gasteiger partial charge in [0.1, 0.15) is 0 Å². The van der Waals surface area contributed by atoms with Gasteiger partial charge in [0.05, 0.1) is 30.9 Å². The van der Waals surface area contributed by atoms with Crippen molar-refractivity contribution in [3.63, 3.8) is 0 Å². The Labute approximate surface area is 231 Å². The highest BCUT2D eigenvalue weighted by Gasteiger charge is 2.15. The summed E-state index contributed by atoms with van der Waals surface area (Å²) in [5, 5.41) is 12.0. The molecule has 0 aliphatic carbocycles. The maximum absolute atomic E-state index is 11.2. The topological polar surface area (TPSA) is 147 Å². The molecule has 204 valence electrons. The number of benzene rings is 1. The lowest BCUT2D eigenvalue weighted by molar-refractivity contribution is -0.141. The first-order chi connectivity index (χ1) is 17.9. The second-order valence-electron chi connectivity index (χ2n) is 7.28. The highest BCUT2D eigenvalue weighted by atomic mass is 32.7. The third-order valence-corrected chi connectivity index (χ3v) is 4.90. The van der Waals surface area contributed by atoms with E-state index in [1.807, 2.05) is 31.2 Å². The van der Waals surface area contributed by atoms with Crippen LogP contribution in [0.4, 0.5) is 11.4 Å². The molecule has 13 heteroatoms. The van der Waals surface area contributed by atoms with Crippen LogP contribution in [0.3, 0.4) is 0 Å². The maximum Gasteiger partial charge on any atom is 0.307 e. The van der Waals surface area contributed by atoms with Gasteiger partial charge in [0.25, 0.3) is 0 Å². The van der Waals surface area contributed by atoms with E-state index in [0.29, 0.717) is 30.2 Å². The van der Waals surface area contributed by atoms with E-state index in [9.17, 15) is 14.4 Å². The minimum absolute atomic E-state index is 0.0981. The number of hydrogen-bond acceptors (Lipinski definition) is 8. The second kappa shape index (κ2) is 22.3. The lowest BCUT2D eigenvalue weighted by Gasteiger charge is -2.14. The minimum Gasteiger partial charge on any atom is -0.469 e. The number of thiocarbonyl (C=S) groups is 1. The first-order valence-electron chi connectivity index (χ1n) is 11.5. The number of esters is 1. The number of ether oxygens (including phenoxy) is 1. The van der Waals surface area contributed by atoms with Gasteiger partial charge in [-0.1, -0.05) is 26.6 Å². The Morgan fingerprint density at radius 1 is 1.19 bits per heavy atom. The van der Waals surface area contributed by atoms with Crippen molar-refractivity contribution in [3.8, 4) is 0 Å². The number of rotatable bonds is 12. The number of thiol groups is 1. The normalized spacial score (nSPS) is 10.2. The van der Waals surface area contributed by atoms with Gasteiger partial charge in [0.2, 0.25) is 12.3 Å². The number of nitrogen functional groups attached to an aromatic ring is 1. The molecule has 1 aromatic heterocycles. The number of methoxy groups -OCH3 is 1. The molecule has 10 nitrogen and oxygen atoms in total. The number of para-hydroxylation sites is 2. The second-order valence-corrected chi connectivity index (χ2v) is 7.69. The molecule has 0 radical (unpaired) electrons. The lowest BCUT2D eigenvalue weighted by Crippen LogP contribution is -2.29. The Morgan fingerprint density at radius 2 is 1.92 bits per heavy atom. The zero-order valence-electron chi connectivity index (χ0n) is 21.1. The van der Waals surface area contributed by atoms with Gasteiger partial charge in [-0.05, 0) is 55.7 Å². The van der Waals surface area contributed by atoms with Crippen LogP contribution in [0.25, 0.3) is 0 Å². The summed E-state index contributed by atoms with van der Waals surface area (Å²) in [4.78, 5) is 36.6. The van der Waals surface area contributed by atoms with Crippen LogP contribution in [0.1, 0.15) is 44.2 Å². The molecule has 0 aliphatic rings. The van der Waals surface area contributed by atoms with Crippen molar-refractivity contribution >= 4 is 67.7 Å². The van der Waals surface area contributed by atoms with E-state index in [2.05, 4.69) is 51.7 Å². The number of nitrogens with two attached hydrogens (primary N) is 1. The molecule has 37 heavy (non-hydrogen) atoms. The van der Waals surface area contributed by atoms with Gasteiger partial charge in [0, 0.05) is 31.9 Å². The number of aromatic nitrogens is 1. The standard InChI is InChI=1S/C14H22N4OS.C10H12N2O3.H3PS/c1-2-16-13(19)9-5-6-10-17-14(20)18-12-8-4-3-7-11(12)15;1-15-10(14)5-9(12-7-13)8-3-2-4-11-6-8;1-2/h3-4,7-8H,2,5-6,9-10,15H2,1H3,(H,16,19)(H2,17,18,20);2-4,6-7,9H,5H2,1H3,(H,12,13);2H,1H2/t;9-;/m.0./s1. The van der Waals surface area contributed by atoms with Gasteiger partial charge in [-0.3, -0.25) is 19.4 Å². The monoisotopic (exact) mass is 568 g/mol. The number of nitrogens with zero attached hydrogens (tertiary/aromatic N) is 1. The number of anilines is 2. The van der Waals surface area contributed by atoms with Crippen molar-refractivity contribution in [3.05, 3.63) is 54.4 Å². The average Bonchev–Trinajstić information content (AvgIpc) is 2.91. The van der Waals surface area contributed by atoms with Gasteiger partial charge in [-0.15, -0.1) is 0 Å². The van der Waals surface area contributed by atoms with E-state index >= 15 is 0 Å². The van der Waals surface area contributed by atoms with E-state index in [1.54, 1.807) is 24.5 Å². The molecule has 0 bridgehead atoms. The number of nitrogens with one attached hydrogen (secondary N) is 4. The third-order valence-electron chi connectivity index (χ3n) is 4.65. The number of hydrogen-bond donors (Lipinski definition) is 6. The van der Waals surface area contributed by atoms with Gasteiger partial charge in [0.15, 0.2) is 5.11 Å². The number of unbranched alkanes of at least 4 members (excludes halogenated alkanes) is 1. The van der Waals surface area contributed by atoms with Crippen molar-refractivity contribution < 1.29 is 19.1 Å². The van der Waals surface area contributed by atoms with Crippen LogP contribution in [0.15, 0.2) is 48.8 Å². The van der Waals surface area contributed by atoms with Crippen LogP contribution in [-0.2, 0) is 19.1 Å². The highest BCUT2D eigenvalue weighted by Crippen LogP contribution is 2.16. The van der Waals surface area contributed by atoms with Crippen LogP contribution >= 0.6 is 32.9 Å². The molecule has 2 aromatic rings. The highest BCUT2D eigenvalue weighted by molar-refractivity contribution is 8.31. The Balaban J connectivity index is 0.000000679.